The highest BCUT2D eigenvalue weighted by atomic mass is 15.2. The first-order valence-electron chi connectivity index (χ1n) is 20.3. The Bertz CT molecular complexity index is 2180. The Hall–Kier alpha value is -4.76. The van der Waals surface area contributed by atoms with Crippen molar-refractivity contribution in [2.24, 2.45) is 5.41 Å². The molecule has 3 heteroatoms. The van der Waals surface area contributed by atoms with Gasteiger partial charge in [0.1, 0.15) is 7.85 Å². The Morgan fingerprint density at radius 1 is 0.667 bits per heavy atom. The van der Waals surface area contributed by atoms with Crippen LogP contribution in [0.25, 0.3) is 0 Å². The second-order valence-corrected chi connectivity index (χ2v) is 16.4. The van der Waals surface area contributed by atoms with Crippen molar-refractivity contribution in [3.8, 4) is 0 Å². The maximum Gasteiger partial charge on any atom is 0.113 e. The van der Waals surface area contributed by atoms with Gasteiger partial charge in [-0.05, 0) is 158 Å². The van der Waals surface area contributed by atoms with Crippen LogP contribution in [0.4, 0.5) is 28.4 Å². The van der Waals surface area contributed by atoms with Crippen LogP contribution in [0.1, 0.15) is 104 Å². The number of hydrogen-bond donors (Lipinski definition) is 0. The average molecular weight is 709 g/mol. The fraction of sp³-hybridized carbons (Fsp3) is 0.333. The van der Waals surface area contributed by atoms with Crippen molar-refractivity contribution in [2.45, 2.75) is 106 Å². The van der Waals surface area contributed by atoms with E-state index in [1.54, 1.807) is 0 Å². The van der Waals surface area contributed by atoms with E-state index in [2.05, 4.69) is 168 Å². The molecule has 0 fully saturated rings. The minimum atomic E-state index is -0.00758. The summed E-state index contributed by atoms with van der Waals surface area (Å²) in [6.45, 7) is 18.4. The molecular formula is C51H57BN2. The van der Waals surface area contributed by atoms with Gasteiger partial charge in [-0.3, -0.25) is 0 Å². The van der Waals surface area contributed by atoms with Crippen LogP contribution in [0.2, 0.25) is 0 Å². The summed E-state index contributed by atoms with van der Waals surface area (Å²) in [6, 6.07) is 36.6. The first-order valence-corrected chi connectivity index (χ1v) is 20.3. The lowest BCUT2D eigenvalue weighted by molar-refractivity contribution is 0.386. The van der Waals surface area contributed by atoms with Crippen molar-refractivity contribution in [1.82, 2.24) is 0 Å². The van der Waals surface area contributed by atoms with Crippen LogP contribution in [0.15, 0.2) is 120 Å². The van der Waals surface area contributed by atoms with E-state index in [4.69, 9.17) is 7.85 Å². The molecule has 5 aromatic rings. The van der Waals surface area contributed by atoms with Gasteiger partial charge in [0.15, 0.2) is 0 Å². The monoisotopic (exact) mass is 708 g/mol. The van der Waals surface area contributed by atoms with Crippen LogP contribution < -0.4 is 15.3 Å². The van der Waals surface area contributed by atoms with Gasteiger partial charge in [-0.2, -0.15) is 0 Å². The Labute approximate surface area is 327 Å². The van der Waals surface area contributed by atoms with Crippen molar-refractivity contribution < 1.29 is 0 Å². The quantitative estimate of drug-likeness (QED) is 0.126. The summed E-state index contributed by atoms with van der Waals surface area (Å²) in [5, 5.41) is 0. The van der Waals surface area contributed by atoms with Gasteiger partial charge in [-0.1, -0.05) is 113 Å². The smallest absolute Gasteiger partial charge is 0.113 e. The van der Waals surface area contributed by atoms with Gasteiger partial charge in [-0.15, -0.1) is 0 Å². The molecule has 2 nitrogen and oxygen atoms in total. The lowest BCUT2D eigenvalue weighted by atomic mass is 9.63. The Morgan fingerprint density at radius 2 is 1.28 bits per heavy atom. The number of hydrogen-bond acceptors (Lipinski definition) is 2. The fourth-order valence-electron chi connectivity index (χ4n) is 9.05. The van der Waals surface area contributed by atoms with Crippen LogP contribution in [-0.2, 0) is 25.7 Å². The van der Waals surface area contributed by atoms with E-state index in [1.165, 1.54) is 80.1 Å². The Morgan fingerprint density at radius 3 is 1.87 bits per heavy atom. The summed E-state index contributed by atoms with van der Waals surface area (Å²) in [6.07, 6.45) is 12.7. The third kappa shape index (κ3) is 7.35. The van der Waals surface area contributed by atoms with E-state index >= 15 is 0 Å². The molecular weight excluding hydrogens is 651 g/mol. The topological polar surface area (TPSA) is 6.48 Å². The zero-order valence-electron chi connectivity index (χ0n) is 33.9. The molecule has 5 aromatic carbocycles. The fourth-order valence-corrected chi connectivity index (χ4v) is 9.05. The molecule has 0 saturated carbocycles. The number of unbranched alkanes of at least 4 members (excludes halogenated alkanes) is 1. The molecule has 0 heterocycles. The molecule has 0 aliphatic heterocycles. The summed E-state index contributed by atoms with van der Waals surface area (Å²) in [5.74, 6) is 0.347. The highest BCUT2D eigenvalue weighted by molar-refractivity contribution is 6.32. The third-order valence-corrected chi connectivity index (χ3v) is 11.9. The first kappa shape index (κ1) is 37.6. The summed E-state index contributed by atoms with van der Waals surface area (Å²) in [4.78, 5) is 4.95. The van der Waals surface area contributed by atoms with Crippen molar-refractivity contribution in [3.63, 3.8) is 0 Å². The molecule has 274 valence electrons. The molecule has 0 bridgehead atoms. The summed E-state index contributed by atoms with van der Waals surface area (Å²) < 4.78 is 0. The molecule has 7 rings (SSSR count). The van der Waals surface area contributed by atoms with Crippen molar-refractivity contribution in [2.75, 3.05) is 9.80 Å². The van der Waals surface area contributed by atoms with Crippen molar-refractivity contribution >= 4 is 41.7 Å². The summed E-state index contributed by atoms with van der Waals surface area (Å²) in [7, 11) is 6.24. The highest BCUT2D eigenvalue weighted by Crippen LogP contribution is 2.53. The zero-order valence-corrected chi connectivity index (χ0v) is 33.9. The predicted octanol–water partition coefficient (Wildman–Crippen LogP) is 13.1. The van der Waals surface area contributed by atoms with Gasteiger partial charge in [0.25, 0.3) is 0 Å². The van der Waals surface area contributed by atoms with E-state index < -0.39 is 0 Å². The van der Waals surface area contributed by atoms with E-state index in [-0.39, 0.29) is 5.41 Å². The van der Waals surface area contributed by atoms with Crippen molar-refractivity contribution in [1.29, 1.82) is 0 Å². The normalized spacial score (nSPS) is 15.9. The van der Waals surface area contributed by atoms with Gasteiger partial charge < -0.3 is 9.80 Å². The molecule has 2 radical (unpaired) electrons. The predicted molar refractivity (Wildman–Crippen MR) is 234 cm³/mol. The molecule has 2 aliphatic carbocycles. The molecule has 0 spiro atoms. The van der Waals surface area contributed by atoms with E-state index in [0.29, 0.717) is 5.92 Å². The molecule has 54 heavy (non-hydrogen) atoms. The van der Waals surface area contributed by atoms with Crippen LogP contribution in [0, 0.1) is 26.2 Å². The minimum Gasteiger partial charge on any atom is -0.310 e. The van der Waals surface area contributed by atoms with Gasteiger partial charge in [0.05, 0.1) is 5.69 Å². The number of aryl methyl sites for hydroxylation is 6. The molecule has 0 saturated heterocycles. The number of rotatable bonds is 11. The second kappa shape index (κ2) is 15.5. The van der Waals surface area contributed by atoms with Crippen LogP contribution in [-0.4, -0.2) is 7.85 Å². The third-order valence-electron chi connectivity index (χ3n) is 11.9. The lowest BCUT2D eigenvalue weighted by Gasteiger charge is -2.43. The maximum atomic E-state index is 6.24. The molecule has 0 amide bonds. The number of nitrogens with zero attached hydrogens (tertiary/aromatic N) is 2. The van der Waals surface area contributed by atoms with E-state index in [0.717, 1.165) is 54.5 Å². The first-order chi connectivity index (χ1) is 26.0. The number of allylic oxidation sites excluding steroid dienone is 3. The van der Waals surface area contributed by atoms with E-state index in [1.807, 2.05) is 6.07 Å². The van der Waals surface area contributed by atoms with Gasteiger partial charge >= 0.3 is 0 Å². The second-order valence-electron chi connectivity index (χ2n) is 16.4. The summed E-state index contributed by atoms with van der Waals surface area (Å²) in [5.41, 5.74) is 20.6. The molecule has 1 unspecified atom stereocenters. The Balaban J connectivity index is 1.29. The zero-order chi connectivity index (χ0) is 38.1. The van der Waals surface area contributed by atoms with Crippen LogP contribution in [0.5, 0.6) is 0 Å². The van der Waals surface area contributed by atoms with Gasteiger partial charge in [0, 0.05) is 34.4 Å². The lowest BCUT2D eigenvalue weighted by Crippen LogP contribution is -2.32. The molecule has 1 atom stereocenters. The summed E-state index contributed by atoms with van der Waals surface area (Å²) >= 11 is 0. The average Bonchev–Trinajstić information content (AvgIpc) is 3.16. The standard InChI is InChI=1S/C51H57BN2/c1-9-12-13-39-28-35(5)50(36(6)29-39)54(43-21-16-38(11-3)17-22-43)45-24-26-47-46-25-23-44(31-40(46)33-51(7,8)48(47)32-45)53(42-19-14-37(10-2)15-20-42)49-27-18-41(52)30-34(49)4/h14-25,27-32,47H,9-13,26,33H2,1-8H3. The minimum absolute atomic E-state index is 0.00758. The molecule has 2 aliphatic rings. The number of anilines is 5. The SMILES string of the molecule is [B]c1ccc(N(c2ccc(CC)cc2)c2ccc3c(c2)CC(C)(C)C2=CC(N(c4ccc(CC)cc4)c4c(C)cc(CCCC)cc4C)=CCC23)c(C)c1. The molecule has 0 aromatic heterocycles. The maximum absolute atomic E-state index is 6.24. The van der Waals surface area contributed by atoms with Crippen LogP contribution in [0.3, 0.4) is 0 Å². The molecule has 0 N–H and O–H groups in total. The van der Waals surface area contributed by atoms with Gasteiger partial charge in [0.2, 0.25) is 0 Å². The largest absolute Gasteiger partial charge is 0.310 e. The Kier molecular flexibility index (Phi) is 10.8. The number of fused-ring (bicyclic) bond motifs is 3. The van der Waals surface area contributed by atoms with E-state index in [9.17, 15) is 0 Å². The number of benzene rings is 5. The highest BCUT2D eigenvalue weighted by Gasteiger charge is 2.39. The van der Waals surface area contributed by atoms with Crippen LogP contribution >= 0.6 is 0 Å². The van der Waals surface area contributed by atoms with Crippen molar-refractivity contribution in [3.05, 3.63) is 165 Å². The van der Waals surface area contributed by atoms with Gasteiger partial charge in [-0.25, -0.2) is 0 Å².